The highest BCUT2D eigenvalue weighted by Crippen LogP contribution is 2.14. The number of carbonyl (C=O) groups is 1. The van der Waals surface area contributed by atoms with E-state index in [0.29, 0.717) is 5.69 Å². The number of anilines is 1. The van der Waals surface area contributed by atoms with Crippen molar-refractivity contribution in [3.8, 4) is 6.07 Å². The average Bonchev–Trinajstić information content (AvgIpc) is 2.40. The summed E-state index contributed by atoms with van der Waals surface area (Å²) in [7, 11) is 0. The predicted octanol–water partition coefficient (Wildman–Crippen LogP) is 2.41. The molecule has 0 saturated carbocycles. The number of nitriles is 1. The fourth-order valence-electron chi connectivity index (χ4n) is 1.49. The lowest BCUT2D eigenvalue weighted by molar-refractivity contribution is -0.122. The minimum Gasteiger partial charge on any atom is -0.374 e. The molecule has 0 aliphatic rings. The summed E-state index contributed by atoms with van der Waals surface area (Å²) >= 11 is 0. The minimum absolute atomic E-state index is 0.0421. The van der Waals surface area contributed by atoms with Gasteiger partial charge in [0.25, 0.3) is 0 Å². The van der Waals surface area contributed by atoms with Crippen LogP contribution in [0.4, 0.5) is 10.1 Å². The van der Waals surface area contributed by atoms with E-state index in [4.69, 9.17) is 5.26 Å². The molecule has 1 aromatic carbocycles. The summed E-state index contributed by atoms with van der Waals surface area (Å²) in [6.07, 6.45) is 0.855. The second kappa shape index (κ2) is 6.74. The molecule has 1 aromatic rings. The summed E-state index contributed by atoms with van der Waals surface area (Å²) in [5.74, 6) is -0.693. The van der Waals surface area contributed by atoms with Crippen LogP contribution in [0.15, 0.2) is 18.2 Å². The smallest absolute Gasteiger partial charge is 0.242 e. The van der Waals surface area contributed by atoms with Crippen LogP contribution in [0.25, 0.3) is 0 Å². The van der Waals surface area contributed by atoms with E-state index >= 15 is 0 Å². The van der Waals surface area contributed by atoms with Gasteiger partial charge in [0, 0.05) is 11.7 Å². The van der Waals surface area contributed by atoms with E-state index in [9.17, 15) is 9.18 Å². The highest BCUT2D eigenvalue weighted by molar-refractivity contribution is 5.84. The van der Waals surface area contributed by atoms with Crippen molar-refractivity contribution in [3.63, 3.8) is 0 Å². The highest BCUT2D eigenvalue weighted by atomic mass is 19.1. The zero-order valence-electron chi connectivity index (χ0n) is 11.3. The van der Waals surface area contributed by atoms with Gasteiger partial charge < -0.3 is 10.6 Å². The Hall–Kier alpha value is -2.09. The second-order valence-corrected chi connectivity index (χ2v) is 4.49. The zero-order chi connectivity index (χ0) is 14.4. The maximum absolute atomic E-state index is 13.2. The first kappa shape index (κ1) is 15.0. The second-order valence-electron chi connectivity index (χ2n) is 4.49. The molecule has 102 valence electrons. The zero-order valence-corrected chi connectivity index (χ0v) is 11.3. The number of benzene rings is 1. The summed E-state index contributed by atoms with van der Waals surface area (Å²) in [6, 6.07) is 5.52. The van der Waals surface area contributed by atoms with Gasteiger partial charge in [-0.15, -0.1) is 0 Å². The molecule has 0 fully saturated rings. The summed E-state index contributed by atoms with van der Waals surface area (Å²) < 4.78 is 13.2. The van der Waals surface area contributed by atoms with E-state index in [1.807, 2.05) is 13.8 Å². The Morgan fingerprint density at radius 2 is 2.16 bits per heavy atom. The molecule has 0 aromatic heterocycles. The molecule has 19 heavy (non-hydrogen) atoms. The molecule has 0 heterocycles. The molecule has 5 heteroatoms. The lowest BCUT2D eigenvalue weighted by Gasteiger charge is -2.18. The van der Waals surface area contributed by atoms with Gasteiger partial charge >= 0.3 is 0 Å². The van der Waals surface area contributed by atoms with Gasteiger partial charge in [-0.25, -0.2) is 4.39 Å². The molecule has 0 radical (unpaired) electrons. The van der Waals surface area contributed by atoms with Gasteiger partial charge in [-0.3, -0.25) is 4.79 Å². The predicted molar refractivity (Wildman–Crippen MR) is 72.1 cm³/mol. The number of halogens is 1. The van der Waals surface area contributed by atoms with E-state index in [1.54, 1.807) is 13.0 Å². The molecule has 2 unspecified atom stereocenters. The van der Waals surface area contributed by atoms with E-state index in [0.717, 1.165) is 6.42 Å². The third-order valence-electron chi connectivity index (χ3n) is 2.86. The summed E-state index contributed by atoms with van der Waals surface area (Å²) in [5.41, 5.74) is 0.504. The molecule has 1 rings (SSSR count). The Morgan fingerprint density at radius 3 is 2.74 bits per heavy atom. The van der Waals surface area contributed by atoms with Crippen molar-refractivity contribution in [3.05, 3.63) is 29.6 Å². The Kier molecular flexibility index (Phi) is 5.31. The van der Waals surface area contributed by atoms with Crippen molar-refractivity contribution in [2.45, 2.75) is 39.3 Å². The number of amides is 1. The fourth-order valence-corrected chi connectivity index (χ4v) is 1.49. The van der Waals surface area contributed by atoms with Crippen molar-refractivity contribution in [2.24, 2.45) is 0 Å². The minimum atomic E-state index is -0.565. The van der Waals surface area contributed by atoms with E-state index in [2.05, 4.69) is 10.6 Å². The first-order valence-corrected chi connectivity index (χ1v) is 6.24. The number of carbonyl (C=O) groups excluding carboxylic acids is 1. The normalized spacial score (nSPS) is 13.2. The number of nitrogens with zero attached hydrogens (tertiary/aromatic N) is 1. The number of hydrogen-bond donors (Lipinski definition) is 2. The lowest BCUT2D eigenvalue weighted by atomic mass is 10.2. The van der Waals surface area contributed by atoms with Crippen molar-refractivity contribution < 1.29 is 9.18 Å². The van der Waals surface area contributed by atoms with Crippen LogP contribution in [0.5, 0.6) is 0 Å². The Balaban J connectivity index is 2.69. The van der Waals surface area contributed by atoms with E-state index in [1.165, 1.54) is 18.2 Å². The standard InChI is InChI=1S/C14H18FN3O/c1-4-9(2)17-14(19)10(3)18-12-5-6-13(15)11(7-12)8-16/h5-7,9-10,18H,4H2,1-3H3,(H,17,19). The van der Waals surface area contributed by atoms with Crippen molar-refractivity contribution in [2.75, 3.05) is 5.32 Å². The van der Waals surface area contributed by atoms with Crippen LogP contribution in [0.1, 0.15) is 32.8 Å². The monoisotopic (exact) mass is 263 g/mol. The molecule has 0 spiro atoms. The molecule has 2 atom stereocenters. The van der Waals surface area contributed by atoms with Crippen molar-refractivity contribution in [1.29, 1.82) is 5.26 Å². The average molecular weight is 263 g/mol. The van der Waals surface area contributed by atoms with Crippen LogP contribution in [0.3, 0.4) is 0 Å². The van der Waals surface area contributed by atoms with Crippen LogP contribution in [-0.4, -0.2) is 18.0 Å². The molecule has 0 aliphatic heterocycles. The van der Waals surface area contributed by atoms with Crippen LogP contribution < -0.4 is 10.6 Å². The fraction of sp³-hybridized carbons (Fsp3) is 0.429. The van der Waals surface area contributed by atoms with Crippen LogP contribution in [0, 0.1) is 17.1 Å². The van der Waals surface area contributed by atoms with Gasteiger partial charge in [0.2, 0.25) is 5.91 Å². The van der Waals surface area contributed by atoms with Crippen LogP contribution in [-0.2, 0) is 4.79 Å². The van der Waals surface area contributed by atoms with Gasteiger partial charge in [0.15, 0.2) is 0 Å². The molecule has 0 aliphatic carbocycles. The third-order valence-corrected chi connectivity index (χ3v) is 2.86. The largest absolute Gasteiger partial charge is 0.374 e. The summed E-state index contributed by atoms with van der Waals surface area (Å²) in [5, 5.41) is 14.5. The molecular weight excluding hydrogens is 245 g/mol. The van der Waals surface area contributed by atoms with Gasteiger partial charge in [-0.1, -0.05) is 6.92 Å². The maximum Gasteiger partial charge on any atom is 0.242 e. The van der Waals surface area contributed by atoms with E-state index in [-0.39, 0.29) is 17.5 Å². The molecular formula is C14H18FN3O. The van der Waals surface area contributed by atoms with Gasteiger partial charge in [0.1, 0.15) is 17.9 Å². The number of rotatable bonds is 5. The van der Waals surface area contributed by atoms with Gasteiger partial charge in [-0.05, 0) is 38.5 Å². The van der Waals surface area contributed by atoms with Gasteiger partial charge in [0.05, 0.1) is 5.56 Å². The topological polar surface area (TPSA) is 64.9 Å². The molecule has 0 bridgehead atoms. The Morgan fingerprint density at radius 1 is 1.47 bits per heavy atom. The molecule has 4 nitrogen and oxygen atoms in total. The van der Waals surface area contributed by atoms with Crippen molar-refractivity contribution in [1.82, 2.24) is 5.32 Å². The molecule has 2 N–H and O–H groups in total. The van der Waals surface area contributed by atoms with Crippen molar-refractivity contribution >= 4 is 11.6 Å². The maximum atomic E-state index is 13.2. The van der Waals surface area contributed by atoms with Crippen LogP contribution in [0.2, 0.25) is 0 Å². The SMILES string of the molecule is CCC(C)NC(=O)C(C)Nc1ccc(F)c(C#N)c1. The number of nitrogens with one attached hydrogen (secondary N) is 2. The summed E-state index contributed by atoms with van der Waals surface area (Å²) in [4.78, 5) is 11.8. The number of hydrogen-bond acceptors (Lipinski definition) is 3. The lowest BCUT2D eigenvalue weighted by Crippen LogP contribution is -2.41. The Labute approximate surface area is 112 Å². The Bertz CT molecular complexity index is 496. The van der Waals surface area contributed by atoms with Gasteiger partial charge in [-0.2, -0.15) is 5.26 Å². The molecule has 0 saturated heterocycles. The summed E-state index contributed by atoms with van der Waals surface area (Å²) in [6.45, 7) is 5.63. The van der Waals surface area contributed by atoms with Crippen LogP contribution >= 0.6 is 0 Å². The quantitative estimate of drug-likeness (QED) is 0.857. The highest BCUT2D eigenvalue weighted by Gasteiger charge is 2.14. The first-order chi connectivity index (χ1) is 8.97. The molecule has 1 amide bonds. The third kappa shape index (κ3) is 4.25. The first-order valence-electron chi connectivity index (χ1n) is 6.24. The van der Waals surface area contributed by atoms with E-state index < -0.39 is 11.9 Å².